The Bertz CT molecular complexity index is 1450. The first-order valence-electron chi connectivity index (χ1n) is 12.9. The summed E-state index contributed by atoms with van der Waals surface area (Å²) < 4.78 is 22.5. The van der Waals surface area contributed by atoms with E-state index in [1.807, 2.05) is 44.2 Å². The summed E-state index contributed by atoms with van der Waals surface area (Å²) in [6.07, 6.45) is 1.48. The Balaban J connectivity index is 1.40. The minimum atomic E-state index is -0.522. The zero-order valence-electron chi connectivity index (χ0n) is 22.3. The number of nitrogens with one attached hydrogen (secondary N) is 1. The second-order valence-corrected chi connectivity index (χ2v) is 8.46. The third-order valence-corrected chi connectivity index (χ3v) is 5.62. The Morgan fingerprint density at radius 3 is 2.23 bits per heavy atom. The fourth-order valence-corrected chi connectivity index (χ4v) is 3.71. The van der Waals surface area contributed by atoms with Gasteiger partial charge in [-0.05, 0) is 79.6 Å². The molecule has 0 unspecified atom stereocenters. The molecule has 4 rings (SSSR count). The highest BCUT2D eigenvalue weighted by Gasteiger charge is 2.14. The minimum absolute atomic E-state index is 0.270. The fraction of sp³-hybridized carbons (Fsp3) is 0.156. The lowest BCUT2D eigenvalue weighted by Gasteiger charge is -2.12. The largest absolute Gasteiger partial charge is 0.494 e. The number of benzene rings is 4. The monoisotopic (exact) mass is 538 g/mol. The van der Waals surface area contributed by atoms with Crippen LogP contribution in [0.1, 0.15) is 45.7 Å². The third-order valence-electron chi connectivity index (χ3n) is 5.62. The topological polar surface area (TPSA) is 95.5 Å². The van der Waals surface area contributed by atoms with E-state index in [0.717, 1.165) is 5.56 Å². The van der Waals surface area contributed by atoms with Crippen LogP contribution < -0.4 is 24.4 Å². The molecule has 4 aromatic carbocycles. The molecule has 0 atom stereocenters. The highest BCUT2D eigenvalue weighted by Crippen LogP contribution is 2.29. The van der Waals surface area contributed by atoms with Gasteiger partial charge in [0.05, 0.1) is 30.6 Å². The molecule has 204 valence electrons. The van der Waals surface area contributed by atoms with Crippen LogP contribution in [0.4, 0.5) is 0 Å². The Labute approximate surface area is 233 Å². The van der Waals surface area contributed by atoms with Crippen LogP contribution in [0.2, 0.25) is 0 Å². The molecule has 0 heterocycles. The maximum absolute atomic E-state index is 12.8. The number of carbonyl (C=O) groups excluding carboxylic acids is 2. The van der Waals surface area contributed by atoms with Crippen LogP contribution in [0, 0.1) is 0 Å². The van der Waals surface area contributed by atoms with Gasteiger partial charge in [-0.1, -0.05) is 42.5 Å². The Morgan fingerprint density at radius 1 is 0.750 bits per heavy atom. The van der Waals surface area contributed by atoms with E-state index in [2.05, 4.69) is 10.5 Å². The van der Waals surface area contributed by atoms with Crippen molar-refractivity contribution in [3.63, 3.8) is 0 Å². The maximum Gasteiger partial charge on any atom is 0.343 e. The van der Waals surface area contributed by atoms with Crippen molar-refractivity contribution in [1.29, 1.82) is 0 Å². The molecule has 0 aliphatic carbocycles. The summed E-state index contributed by atoms with van der Waals surface area (Å²) in [5.74, 6) is 0.837. The zero-order valence-corrected chi connectivity index (χ0v) is 22.3. The Hall–Kier alpha value is -5.11. The Kier molecular flexibility index (Phi) is 9.88. The summed E-state index contributed by atoms with van der Waals surface area (Å²) in [5, 5.41) is 4.08. The van der Waals surface area contributed by atoms with E-state index in [1.54, 1.807) is 66.7 Å². The van der Waals surface area contributed by atoms with Crippen molar-refractivity contribution < 1.29 is 28.5 Å². The summed E-state index contributed by atoms with van der Waals surface area (Å²) in [4.78, 5) is 25.5. The molecule has 0 radical (unpaired) electrons. The van der Waals surface area contributed by atoms with Crippen LogP contribution in [0.25, 0.3) is 0 Å². The van der Waals surface area contributed by atoms with E-state index >= 15 is 0 Å². The second kappa shape index (κ2) is 14.2. The molecule has 0 fully saturated rings. The van der Waals surface area contributed by atoms with E-state index in [1.165, 1.54) is 6.21 Å². The molecule has 0 saturated carbocycles. The predicted octanol–water partition coefficient (Wildman–Crippen LogP) is 6.05. The van der Waals surface area contributed by atoms with Gasteiger partial charge in [-0.25, -0.2) is 10.2 Å². The third kappa shape index (κ3) is 7.70. The van der Waals surface area contributed by atoms with Crippen molar-refractivity contribution in [2.45, 2.75) is 20.5 Å². The molecule has 1 amide bonds. The van der Waals surface area contributed by atoms with Crippen molar-refractivity contribution >= 4 is 18.1 Å². The molecular formula is C32H30N2O6. The number of esters is 1. The number of ether oxygens (including phenoxy) is 4. The van der Waals surface area contributed by atoms with Crippen molar-refractivity contribution in [2.75, 3.05) is 13.2 Å². The summed E-state index contributed by atoms with van der Waals surface area (Å²) in [6, 6.07) is 28.4. The van der Waals surface area contributed by atoms with Gasteiger partial charge in [-0.3, -0.25) is 4.79 Å². The van der Waals surface area contributed by atoms with Gasteiger partial charge in [0.25, 0.3) is 5.91 Å². The van der Waals surface area contributed by atoms with E-state index in [9.17, 15) is 9.59 Å². The fourth-order valence-electron chi connectivity index (χ4n) is 3.71. The second-order valence-electron chi connectivity index (χ2n) is 8.46. The smallest absolute Gasteiger partial charge is 0.343 e. The zero-order chi connectivity index (χ0) is 28.2. The van der Waals surface area contributed by atoms with Crippen LogP contribution in [-0.4, -0.2) is 31.3 Å². The quantitative estimate of drug-likeness (QED) is 0.102. The van der Waals surface area contributed by atoms with Crippen molar-refractivity contribution in [3.05, 3.63) is 119 Å². The lowest BCUT2D eigenvalue weighted by atomic mass is 10.2. The average Bonchev–Trinajstić information content (AvgIpc) is 2.98. The lowest BCUT2D eigenvalue weighted by Crippen LogP contribution is -2.18. The van der Waals surface area contributed by atoms with E-state index in [0.29, 0.717) is 53.8 Å². The number of para-hydroxylation sites is 1. The predicted molar refractivity (Wildman–Crippen MR) is 152 cm³/mol. The van der Waals surface area contributed by atoms with Crippen LogP contribution in [0.5, 0.6) is 23.0 Å². The van der Waals surface area contributed by atoms with Gasteiger partial charge in [-0.2, -0.15) is 5.10 Å². The molecule has 0 saturated heterocycles. The number of hydrogen-bond acceptors (Lipinski definition) is 7. The molecular weight excluding hydrogens is 508 g/mol. The molecule has 8 heteroatoms. The van der Waals surface area contributed by atoms with Crippen LogP contribution in [0.3, 0.4) is 0 Å². The molecule has 1 N–H and O–H groups in total. The molecule has 8 nitrogen and oxygen atoms in total. The van der Waals surface area contributed by atoms with Crippen molar-refractivity contribution in [1.82, 2.24) is 5.43 Å². The first-order valence-corrected chi connectivity index (χ1v) is 12.9. The number of hydrogen-bond donors (Lipinski definition) is 1. The molecule has 0 spiro atoms. The highest BCUT2D eigenvalue weighted by molar-refractivity contribution is 5.97. The average molecular weight is 539 g/mol. The summed E-state index contributed by atoms with van der Waals surface area (Å²) in [7, 11) is 0. The van der Waals surface area contributed by atoms with Crippen molar-refractivity contribution in [3.8, 4) is 23.0 Å². The van der Waals surface area contributed by atoms with E-state index in [4.69, 9.17) is 18.9 Å². The molecule has 0 aliphatic rings. The van der Waals surface area contributed by atoms with Crippen molar-refractivity contribution in [2.24, 2.45) is 5.10 Å². The van der Waals surface area contributed by atoms with Gasteiger partial charge in [-0.15, -0.1) is 0 Å². The van der Waals surface area contributed by atoms with Gasteiger partial charge in [0, 0.05) is 0 Å². The molecule has 0 aromatic heterocycles. The van der Waals surface area contributed by atoms with Gasteiger partial charge in [0.1, 0.15) is 18.1 Å². The SMILES string of the molecule is CCOc1ccc(C(=O)Oc2ccc(/C=N\NC(=O)c3ccccc3OCc3ccccc3)cc2OCC)cc1. The summed E-state index contributed by atoms with van der Waals surface area (Å²) in [5.41, 5.74) is 4.91. The van der Waals surface area contributed by atoms with Gasteiger partial charge < -0.3 is 18.9 Å². The lowest BCUT2D eigenvalue weighted by molar-refractivity contribution is 0.0728. The first kappa shape index (κ1) is 27.9. The van der Waals surface area contributed by atoms with Gasteiger partial charge in [0.15, 0.2) is 11.5 Å². The van der Waals surface area contributed by atoms with E-state index < -0.39 is 11.9 Å². The molecule has 40 heavy (non-hydrogen) atoms. The minimum Gasteiger partial charge on any atom is -0.494 e. The standard InChI is InChI=1S/C32H30N2O6/c1-3-37-26-17-15-25(16-18-26)32(36)40-29-19-14-24(20-30(29)38-4-2)21-33-34-31(35)27-12-8-9-13-28(27)39-22-23-10-6-5-7-11-23/h5-21H,3-4,22H2,1-2H3,(H,34,35)/b33-21-. The van der Waals surface area contributed by atoms with Gasteiger partial charge >= 0.3 is 5.97 Å². The number of carbonyl (C=O) groups is 2. The number of rotatable bonds is 12. The normalized spacial score (nSPS) is 10.7. The summed E-state index contributed by atoms with van der Waals surface area (Å²) >= 11 is 0. The van der Waals surface area contributed by atoms with E-state index in [-0.39, 0.29) is 5.75 Å². The Morgan fingerprint density at radius 2 is 1.48 bits per heavy atom. The number of amides is 1. The van der Waals surface area contributed by atoms with Gasteiger partial charge in [0.2, 0.25) is 0 Å². The number of hydrazone groups is 1. The summed E-state index contributed by atoms with van der Waals surface area (Å²) in [6.45, 7) is 4.96. The maximum atomic E-state index is 12.8. The van der Waals surface area contributed by atoms with Crippen LogP contribution in [-0.2, 0) is 6.61 Å². The van der Waals surface area contributed by atoms with Crippen LogP contribution >= 0.6 is 0 Å². The molecule has 0 aliphatic heterocycles. The van der Waals surface area contributed by atoms with Crippen LogP contribution in [0.15, 0.2) is 102 Å². The number of nitrogens with zero attached hydrogens (tertiary/aromatic N) is 1. The first-order chi connectivity index (χ1) is 19.6. The molecule has 0 bridgehead atoms. The molecule has 4 aromatic rings. The highest BCUT2D eigenvalue weighted by atomic mass is 16.6.